The summed E-state index contributed by atoms with van der Waals surface area (Å²) in [4.78, 5) is 115. The van der Waals surface area contributed by atoms with E-state index in [1.165, 1.54) is 54.9 Å². The number of urea groups is 1. The van der Waals surface area contributed by atoms with Crippen molar-refractivity contribution < 1.29 is 53.4 Å². The maximum atomic E-state index is 13.4. The zero-order valence-corrected chi connectivity index (χ0v) is 43.2. The Morgan fingerprint density at radius 3 is 1.00 bits per heavy atom. The number of carboxylic acids is 2. The summed E-state index contributed by atoms with van der Waals surface area (Å²) in [6, 6.07) is 16.4. The molecule has 2 unspecified atom stereocenters. The van der Waals surface area contributed by atoms with E-state index in [9.17, 15) is 53.4 Å². The van der Waals surface area contributed by atoms with Crippen LogP contribution in [0.1, 0.15) is 93.6 Å². The van der Waals surface area contributed by atoms with E-state index in [0.29, 0.717) is 33.9 Å². The highest BCUT2D eigenvalue weighted by Crippen LogP contribution is 2.23. The molecule has 4 heterocycles. The molecule has 0 aliphatic heterocycles. The maximum absolute atomic E-state index is 13.4. The third kappa shape index (κ3) is 15.3. The number of anilines is 6. The number of amides is 8. The molecule has 4 aromatic heterocycles. The Balaban J connectivity index is 0.990. The number of hydrogen-bond acceptors (Lipinski definition) is 9. The quantitative estimate of drug-likeness (QED) is 0.0375. The van der Waals surface area contributed by atoms with Crippen molar-refractivity contribution in [3.8, 4) is 0 Å². The van der Waals surface area contributed by atoms with Crippen LogP contribution in [-0.4, -0.2) is 94.0 Å². The van der Waals surface area contributed by atoms with E-state index >= 15 is 0 Å². The van der Waals surface area contributed by atoms with Gasteiger partial charge in [-0.05, 0) is 84.3 Å². The molecule has 0 bridgehead atoms. The Hall–Kier alpha value is -9.41. The largest absolute Gasteiger partial charge is 0.480 e. The lowest BCUT2D eigenvalue weighted by molar-refractivity contribution is -0.142. The average molecular weight is 1040 g/mol. The number of hydrogen-bond donors (Lipinski definition) is 10. The second kappa shape index (κ2) is 24.5. The molecule has 0 aliphatic rings. The summed E-state index contributed by atoms with van der Waals surface area (Å²) in [5.41, 5.74) is 3.83. The second-order valence-electron chi connectivity index (χ2n) is 19.2. The molecule has 6 rings (SSSR count). The van der Waals surface area contributed by atoms with Gasteiger partial charge in [0.25, 0.3) is 23.6 Å². The highest BCUT2D eigenvalue weighted by atomic mass is 16.4. The van der Waals surface area contributed by atoms with Crippen LogP contribution >= 0.6 is 0 Å². The van der Waals surface area contributed by atoms with Gasteiger partial charge in [-0.25, -0.2) is 14.4 Å². The zero-order chi connectivity index (χ0) is 55.5. The summed E-state index contributed by atoms with van der Waals surface area (Å²) in [5, 5.41) is 40.5. The number of carbonyl (C=O) groups excluding carboxylic acids is 7. The van der Waals surface area contributed by atoms with Crippen molar-refractivity contribution in [1.29, 1.82) is 0 Å². The standard InChI is InChI=1S/C53H62N12O11/c1-29(2)15-39(51(72)73)60-45(66)19-31-11-9-13-33(17-31)54-47(68)41-21-35(25-62(41)5)56-49(70)43-23-37(27-64(43)7)58-53(76)59-38-24-44(65(8)28-38)50(71)57-36-22-42(63(6)26-36)48(69)55-34-14-10-12-32(18-34)20-46(67)61-40(52(74)75)16-30(3)4/h9-14,17-18,21-30,39-40H,15-16,19-20H2,1-8H3,(H,54,68)(H,55,69)(H,56,70)(H,57,71)(H,60,66)(H,61,67)(H,72,73)(H,74,75)(H2,58,59,76). The first kappa shape index (κ1) is 55.9. The van der Waals surface area contributed by atoms with Crippen LogP contribution in [0.4, 0.5) is 38.9 Å². The number of rotatable bonds is 22. The minimum absolute atomic E-state index is 0.0616. The van der Waals surface area contributed by atoms with E-state index in [0.717, 1.165) is 0 Å². The van der Waals surface area contributed by atoms with Gasteiger partial charge in [0.1, 0.15) is 34.9 Å². The lowest BCUT2D eigenvalue weighted by atomic mass is 10.0. The summed E-state index contributed by atoms with van der Waals surface area (Å²) >= 11 is 0. The molecule has 0 saturated heterocycles. The number of nitrogens with zero attached hydrogens (tertiary/aromatic N) is 4. The molecular weight excluding hydrogens is 981 g/mol. The van der Waals surface area contributed by atoms with Crippen LogP contribution in [0.25, 0.3) is 0 Å². The van der Waals surface area contributed by atoms with Crippen LogP contribution in [-0.2, 0) is 60.2 Å². The number of aromatic nitrogens is 4. The molecule has 23 heteroatoms. The Morgan fingerprint density at radius 1 is 0.421 bits per heavy atom. The molecule has 76 heavy (non-hydrogen) atoms. The molecular formula is C53H62N12O11. The van der Waals surface area contributed by atoms with Gasteiger partial charge in [-0.2, -0.15) is 0 Å². The Labute approximate surface area is 437 Å². The van der Waals surface area contributed by atoms with Gasteiger partial charge in [-0.1, -0.05) is 52.0 Å². The van der Waals surface area contributed by atoms with Crippen molar-refractivity contribution in [2.24, 2.45) is 40.0 Å². The normalized spacial score (nSPS) is 11.8. The molecule has 23 nitrogen and oxygen atoms in total. The van der Waals surface area contributed by atoms with Crippen molar-refractivity contribution in [3.63, 3.8) is 0 Å². The van der Waals surface area contributed by atoms with Crippen molar-refractivity contribution >= 4 is 87.5 Å². The van der Waals surface area contributed by atoms with E-state index in [1.807, 2.05) is 27.7 Å². The smallest absolute Gasteiger partial charge is 0.326 e. The average Bonchev–Trinajstić information content (AvgIpc) is 4.09. The number of aliphatic carboxylic acids is 2. The summed E-state index contributed by atoms with van der Waals surface area (Å²) in [6.07, 6.45) is 6.52. The van der Waals surface area contributed by atoms with E-state index in [4.69, 9.17) is 0 Å². The van der Waals surface area contributed by atoms with E-state index in [2.05, 4.69) is 42.5 Å². The number of aryl methyl sites for hydroxylation is 4. The summed E-state index contributed by atoms with van der Waals surface area (Å²) < 4.78 is 6.05. The van der Waals surface area contributed by atoms with Gasteiger partial charge < -0.3 is 71.0 Å². The summed E-state index contributed by atoms with van der Waals surface area (Å²) in [7, 11) is 6.48. The third-order valence-electron chi connectivity index (χ3n) is 11.8. The van der Waals surface area contributed by atoms with Crippen LogP contribution in [0.2, 0.25) is 0 Å². The molecule has 0 aliphatic carbocycles. The number of carboxylic acid groups (broad SMARTS) is 2. The van der Waals surface area contributed by atoms with Gasteiger partial charge in [0.2, 0.25) is 11.8 Å². The van der Waals surface area contributed by atoms with Gasteiger partial charge in [0.15, 0.2) is 0 Å². The molecule has 0 saturated carbocycles. The lowest BCUT2D eigenvalue weighted by Crippen LogP contribution is -2.42. The monoisotopic (exact) mass is 1040 g/mol. The zero-order valence-electron chi connectivity index (χ0n) is 43.2. The van der Waals surface area contributed by atoms with Crippen LogP contribution in [0.5, 0.6) is 0 Å². The predicted molar refractivity (Wildman–Crippen MR) is 284 cm³/mol. The Morgan fingerprint density at radius 2 is 0.711 bits per heavy atom. The molecule has 0 fully saturated rings. The first-order valence-electron chi connectivity index (χ1n) is 24.1. The van der Waals surface area contributed by atoms with Crippen molar-refractivity contribution in [1.82, 2.24) is 28.9 Å². The summed E-state index contributed by atoms with van der Waals surface area (Å²) in [5.74, 6) is -5.12. The van der Waals surface area contributed by atoms with Gasteiger partial charge in [-0.15, -0.1) is 0 Å². The third-order valence-corrected chi connectivity index (χ3v) is 11.8. The lowest BCUT2D eigenvalue weighted by Gasteiger charge is -2.16. The molecule has 10 N–H and O–H groups in total. The Kier molecular flexibility index (Phi) is 18.1. The van der Waals surface area contributed by atoms with Gasteiger partial charge in [0, 0.05) is 64.4 Å². The summed E-state index contributed by atoms with van der Waals surface area (Å²) in [6.45, 7) is 7.46. The van der Waals surface area contributed by atoms with Crippen LogP contribution < -0.4 is 42.5 Å². The molecule has 8 amide bonds. The predicted octanol–water partition coefficient (Wildman–Crippen LogP) is 6.01. The fourth-order valence-corrected chi connectivity index (χ4v) is 8.27. The molecule has 2 aromatic carbocycles. The van der Waals surface area contributed by atoms with Gasteiger partial charge in [-0.3, -0.25) is 28.8 Å². The van der Waals surface area contributed by atoms with Crippen LogP contribution in [0, 0.1) is 11.8 Å². The second-order valence-corrected chi connectivity index (χ2v) is 19.2. The fraction of sp³-hybridized carbons (Fsp3) is 0.302. The number of benzene rings is 2. The number of nitrogens with one attached hydrogen (secondary N) is 8. The van der Waals surface area contributed by atoms with Crippen LogP contribution in [0.3, 0.4) is 0 Å². The van der Waals surface area contributed by atoms with Crippen molar-refractivity contribution in [2.45, 2.75) is 65.5 Å². The van der Waals surface area contributed by atoms with E-state index in [1.54, 1.807) is 89.1 Å². The molecule has 2 atom stereocenters. The molecule has 0 radical (unpaired) electrons. The fourth-order valence-electron chi connectivity index (χ4n) is 8.27. The van der Waals surface area contributed by atoms with E-state index < -0.39 is 65.5 Å². The number of carbonyl (C=O) groups is 9. The molecule has 400 valence electrons. The first-order valence-corrected chi connectivity index (χ1v) is 24.1. The van der Waals surface area contributed by atoms with Crippen LogP contribution in [0.15, 0.2) is 97.6 Å². The highest BCUT2D eigenvalue weighted by molar-refractivity contribution is 6.09. The minimum atomic E-state index is -1.12. The molecule has 0 spiro atoms. The van der Waals surface area contributed by atoms with Crippen molar-refractivity contribution in [2.75, 3.05) is 31.9 Å². The van der Waals surface area contributed by atoms with E-state index in [-0.39, 0.29) is 71.7 Å². The minimum Gasteiger partial charge on any atom is -0.480 e. The highest BCUT2D eigenvalue weighted by Gasteiger charge is 2.24. The van der Waals surface area contributed by atoms with Crippen molar-refractivity contribution in [3.05, 3.63) is 131 Å². The SMILES string of the molecule is CC(C)CC(NC(=O)Cc1cccc(NC(=O)c2cc(NC(=O)c3cc(NC(=O)Nc4cc(C(=O)Nc5cc(C(=O)Nc6cccc(CC(=O)NC(CC(C)C)C(=O)O)c6)n(C)c5)n(C)c4)cn3C)cn2C)c1)C(=O)O. The maximum Gasteiger partial charge on any atom is 0.326 e. The molecule has 6 aromatic rings. The topological polar surface area (TPSA) is 310 Å². The first-order chi connectivity index (χ1) is 35.9. The Bertz CT molecular complexity index is 2990. The van der Waals surface area contributed by atoms with Gasteiger partial charge >= 0.3 is 18.0 Å². The van der Waals surface area contributed by atoms with Gasteiger partial charge in [0.05, 0.1) is 35.6 Å².